The van der Waals surface area contributed by atoms with E-state index < -0.39 is 0 Å². The van der Waals surface area contributed by atoms with Crippen molar-refractivity contribution in [1.29, 1.82) is 0 Å². The Kier molecular flexibility index (Phi) is 3.07. The number of ether oxygens (including phenoxy) is 1. The van der Waals surface area contributed by atoms with Crippen LogP contribution in [0.2, 0.25) is 0 Å². The molecule has 0 N–H and O–H groups in total. The molecule has 1 saturated carbocycles. The average Bonchev–Trinajstić information content (AvgIpc) is 2.97. The molecule has 0 bridgehead atoms. The predicted octanol–water partition coefficient (Wildman–Crippen LogP) is 5.47. The van der Waals surface area contributed by atoms with Crippen LogP contribution in [0.5, 0.6) is 5.75 Å². The van der Waals surface area contributed by atoms with Crippen molar-refractivity contribution >= 4 is 15.9 Å². The maximum Gasteiger partial charge on any atom is 0.127 e. The molecule has 1 fully saturated rings. The second-order valence-corrected chi connectivity index (χ2v) is 6.75. The Hall–Kier alpha value is -1.28. The van der Waals surface area contributed by atoms with Crippen LogP contribution in [0.25, 0.3) is 0 Å². The van der Waals surface area contributed by atoms with Crippen molar-refractivity contribution in [2.24, 2.45) is 5.92 Å². The lowest BCUT2D eigenvalue weighted by atomic mass is 9.80. The number of fused-ring (bicyclic) bond motifs is 3. The molecule has 2 aromatic rings. The Bertz CT molecular complexity index is 623. The van der Waals surface area contributed by atoms with Gasteiger partial charge in [0.2, 0.25) is 0 Å². The average molecular weight is 329 g/mol. The summed E-state index contributed by atoms with van der Waals surface area (Å²) in [5.41, 5.74) is 2.71. The zero-order valence-electron chi connectivity index (χ0n) is 11.3. The zero-order valence-corrected chi connectivity index (χ0v) is 12.8. The number of hydrogen-bond donors (Lipinski definition) is 0. The van der Waals surface area contributed by atoms with Gasteiger partial charge in [0.15, 0.2) is 0 Å². The molecule has 1 heterocycles. The van der Waals surface area contributed by atoms with Crippen LogP contribution >= 0.6 is 15.9 Å². The van der Waals surface area contributed by atoms with E-state index in [0.29, 0.717) is 11.8 Å². The summed E-state index contributed by atoms with van der Waals surface area (Å²) in [6.45, 7) is 0. The highest BCUT2D eigenvalue weighted by Crippen LogP contribution is 2.54. The van der Waals surface area contributed by atoms with Gasteiger partial charge in [-0.05, 0) is 48.1 Å². The van der Waals surface area contributed by atoms with Gasteiger partial charge in [0.05, 0.1) is 0 Å². The highest BCUT2D eigenvalue weighted by atomic mass is 79.9. The molecule has 0 amide bonds. The van der Waals surface area contributed by atoms with E-state index in [2.05, 4.69) is 64.5 Å². The number of hydrogen-bond acceptors (Lipinski definition) is 1. The molecular weight excluding hydrogens is 312 g/mol. The molecule has 102 valence electrons. The standard InChI is InChI=1S/C18H17BrO/c19-13-9-10-17-16(11-13)14-7-4-8-15(14)18(20-17)12-5-2-1-3-6-12/h1-3,5-6,9-11,14-15,18H,4,7-8H2/t14-,15-,18+/m0/s1. The van der Waals surface area contributed by atoms with E-state index in [1.165, 1.54) is 30.4 Å². The fraction of sp³-hybridized carbons (Fsp3) is 0.333. The molecule has 0 aromatic heterocycles. The lowest BCUT2D eigenvalue weighted by Gasteiger charge is -2.36. The molecule has 1 nitrogen and oxygen atoms in total. The minimum Gasteiger partial charge on any atom is -0.485 e. The summed E-state index contributed by atoms with van der Waals surface area (Å²) in [5, 5.41) is 0. The summed E-state index contributed by atoms with van der Waals surface area (Å²) in [6, 6.07) is 17.1. The molecule has 1 aliphatic carbocycles. The first-order valence-corrected chi connectivity index (χ1v) is 8.13. The van der Waals surface area contributed by atoms with Gasteiger partial charge >= 0.3 is 0 Å². The molecule has 3 atom stereocenters. The molecule has 2 heteroatoms. The molecule has 2 aliphatic rings. The normalized spacial score (nSPS) is 27.6. The first-order valence-electron chi connectivity index (χ1n) is 7.34. The fourth-order valence-electron chi connectivity index (χ4n) is 3.84. The van der Waals surface area contributed by atoms with Gasteiger partial charge < -0.3 is 4.74 Å². The first-order chi connectivity index (χ1) is 9.83. The van der Waals surface area contributed by atoms with Gasteiger partial charge in [0.25, 0.3) is 0 Å². The van der Waals surface area contributed by atoms with Crippen LogP contribution in [0.15, 0.2) is 53.0 Å². The van der Waals surface area contributed by atoms with Crippen LogP contribution in [-0.4, -0.2) is 0 Å². The molecular formula is C18H17BrO. The van der Waals surface area contributed by atoms with Crippen molar-refractivity contribution in [1.82, 2.24) is 0 Å². The molecule has 4 rings (SSSR count). The molecule has 0 saturated heterocycles. The molecule has 0 unspecified atom stereocenters. The van der Waals surface area contributed by atoms with Crippen molar-refractivity contribution < 1.29 is 4.74 Å². The Morgan fingerprint density at radius 2 is 1.85 bits per heavy atom. The van der Waals surface area contributed by atoms with Crippen molar-refractivity contribution in [3.8, 4) is 5.75 Å². The maximum absolute atomic E-state index is 6.37. The van der Waals surface area contributed by atoms with Gasteiger partial charge in [-0.15, -0.1) is 0 Å². The predicted molar refractivity (Wildman–Crippen MR) is 84.0 cm³/mol. The lowest BCUT2D eigenvalue weighted by molar-refractivity contribution is 0.104. The highest BCUT2D eigenvalue weighted by molar-refractivity contribution is 9.10. The van der Waals surface area contributed by atoms with Crippen LogP contribution in [0.1, 0.15) is 42.4 Å². The quantitative estimate of drug-likeness (QED) is 0.674. The number of halogens is 1. The highest BCUT2D eigenvalue weighted by Gasteiger charge is 2.41. The number of benzene rings is 2. The monoisotopic (exact) mass is 328 g/mol. The fourth-order valence-corrected chi connectivity index (χ4v) is 4.21. The second kappa shape index (κ2) is 4.92. The molecule has 0 radical (unpaired) electrons. The lowest BCUT2D eigenvalue weighted by Crippen LogP contribution is -2.26. The summed E-state index contributed by atoms with van der Waals surface area (Å²) < 4.78 is 7.52. The zero-order chi connectivity index (χ0) is 13.5. The smallest absolute Gasteiger partial charge is 0.127 e. The van der Waals surface area contributed by atoms with Crippen molar-refractivity contribution in [3.05, 3.63) is 64.1 Å². The van der Waals surface area contributed by atoms with Gasteiger partial charge in [0.1, 0.15) is 11.9 Å². The van der Waals surface area contributed by atoms with E-state index in [4.69, 9.17) is 4.74 Å². The third kappa shape index (κ3) is 1.98. The molecule has 2 aromatic carbocycles. The topological polar surface area (TPSA) is 9.23 Å². The van der Waals surface area contributed by atoms with Gasteiger partial charge in [-0.25, -0.2) is 0 Å². The first kappa shape index (κ1) is 12.5. The van der Waals surface area contributed by atoms with Crippen molar-refractivity contribution in [2.75, 3.05) is 0 Å². The molecule has 0 spiro atoms. The van der Waals surface area contributed by atoms with Crippen LogP contribution < -0.4 is 4.74 Å². The Balaban J connectivity index is 1.79. The van der Waals surface area contributed by atoms with Crippen LogP contribution in [0.3, 0.4) is 0 Å². The van der Waals surface area contributed by atoms with Gasteiger partial charge in [0, 0.05) is 10.4 Å². The van der Waals surface area contributed by atoms with Crippen LogP contribution in [-0.2, 0) is 0 Å². The van der Waals surface area contributed by atoms with Crippen LogP contribution in [0.4, 0.5) is 0 Å². The summed E-state index contributed by atoms with van der Waals surface area (Å²) in [5.74, 6) is 2.35. The number of rotatable bonds is 1. The Morgan fingerprint density at radius 3 is 2.70 bits per heavy atom. The third-order valence-electron chi connectivity index (χ3n) is 4.71. The summed E-state index contributed by atoms with van der Waals surface area (Å²) in [7, 11) is 0. The SMILES string of the molecule is Brc1ccc2c(c1)[C@H]1CCC[C@@H]1[C@@H](c1ccccc1)O2. The van der Waals surface area contributed by atoms with Crippen molar-refractivity contribution in [3.63, 3.8) is 0 Å². The van der Waals surface area contributed by atoms with Crippen LogP contribution in [0, 0.1) is 5.92 Å². The van der Waals surface area contributed by atoms with E-state index >= 15 is 0 Å². The summed E-state index contributed by atoms with van der Waals surface area (Å²) >= 11 is 3.59. The largest absolute Gasteiger partial charge is 0.485 e. The van der Waals surface area contributed by atoms with Gasteiger partial charge in [-0.1, -0.05) is 52.7 Å². The second-order valence-electron chi connectivity index (χ2n) is 5.83. The minimum absolute atomic E-state index is 0.220. The minimum atomic E-state index is 0.220. The van der Waals surface area contributed by atoms with E-state index in [-0.39, 0.29) is 6.10 Å². The summed E-state index contributed by atoms with van der Waals surface area (Å²) in [6.07, 6.45) is 4.10. The van der Waals surface area contributed by atoms with E-state index in [1.807, 2.05) is 0 Å². The maximum atomic E-state index is 6.37. The van der Waals surface area contributed by atoms with E-state index in [9.17, 15) is 0 Å². The van der Waals surface area contributed by atoms with Crippen molar-refractivity contribution in [2.45, 2.75) is 31.3 Å². The summed E-state index contributed by atoms with van der Waals surface area (Å²) in [4.78, 5) is 0. The molecule has 20 heavy (non-hydrogen) atoms. The van der Waals surface area contributed by atoms with E-state index in [1.54, 1.807) is 0 Å². The molecule has 1 aliphatic heterocycles. The third-order valence-corrected chi connectivity index (χ3v) is 5.20. The Morgan fingerprint density at radius 1 is 1.00 bits per heavy atom. The van der Waals surface area contributed by atoms with Gasteiger partial charge in [-0.3, -0.25) is 0 Å². The Labute approximate surface area is 128 Å². The van der Waals surface area contributed by atoms with Gasteiger partial charge in [-0.2, -0.15) is 0 Å². The van der Waals surface area contributed by atoms with E-state index in [0.717, 1.165) is 10.2 Å².